The average molecular weight is 356 g/mol. The molecular formula is C18H20N4O4. The van der Waals surface area contributed by atoms with Gasteiger partial charge in [0.15, 0.2) is 0 Å². The van der Waals surface area contributed by atoms with Crippen LogP contribution in [-0.4, -0.2) is 22.9 Å². The molecule has 0 spiro atoms. The van der Waals surface area contributed by atoms with Gasteiger partial charge in [-0.15, -0.1) is 0 Å². The maximum absolute atomic E-state index is 12.5. The lowest BCUT2D eigenvalue weighted by molar-refractivity contribution is -0.116. The maximum atomic E-state index is 12.5. The number of aryl methyl sites for hydroxylation is 1. The molecule has 136 valence electrons. The van der Waals surface area contributed by atoms with Crippen molar-refractivity contribution in [2.45, 2.75) is 12.7 Å². The lowest BCUT2D eigenvalue weighted by atomic mass is 10.2. The van der Waals surface area contributed by atoms with Gasteiger partial charge in [0.2, 0.25) is 5.91 Å². The Labute approximate surface area is 150 Å². The summed E-state index contributed by atoms with van der Waals surface area (Å²) < 4.78 is 12.2. The Kier molecular flexibility index (Phi) is 5.23. The second-order valence-electron chi connectivity index (χ2n) is 5.76. The largest absolute Gasteiger partial charge is 0.455 e. The van der Waals surface area contributed by atoms with Crippen LogP contribution in [0.25, 0.3) is 0 Å². The van der Waals surface area contributed by atoms with Gasteiger partial charge in [-0.25, -0.2) is 0 Å². The predicted octanol–water partition coefficient (Wildman–Crippen LogP) is 2.08. The van der Waals surface area contributed by atoms with E-state index in [1.165, 1.54) is 12.5 Å². The van der Waals surface area contributed by atoms with E-state index in [0.717, 1.165) is 5.56 Å². The Balaban J connectivity index is 1.64. The molecule has 0 bridgehead atoms. The van der Waals surface area contributed by atoms with Crippen molar-refractivity contribution in [2.75, 3.05) is 17.2 Å². The number of ether oxygens (including phenoxy) is 2. The fraction of sp³-hybridized carbons (Fsp3) is 0.222. The summed E-state index contributed by atoms with van der Waals surface area (Å²) in [7, 11) is 1.73. The molecule has 0 atom stereocenters. The molecule has 1 aromatic heterocycles. The zero-order valence-electron chi connectivity index (χ0n) is 14.3. The molecule has 0 saturated heterocycles. The van der Waals surface area contributed by atoms with E-state index < -0.39 is 6.29 Å². The van der Waals surface area contributed by atoms with Gasteiger partial charge in [0.1, 0.15) is 18.2 Å². The molecular weight excluding hydrogens is 336 g/mol. The van der Waals surface area contributed by atoms with Crippen LogP contribution in [-0.2, 0) is 21.3 Å². The average Bonchev–Trinajstić information content (AvgIpc) is 3.26. The van der Waals surface area contributed by atoms with Gasteiger partial charge in [0, 0.05) is 37.5 Å². The van der Waals surface area contributed by atoms with Crippen LogP contribution < -0.4 is 16.4 Å². The SMILES string of the molecule is Cn1cc(NC(=O)CCN)cc1C(=O)Nc1ccc(C2OC=CO2)cc1. The van der Waals surface area contributed by atoms with E-state index >= 15 is 0 Å². The Morgan fingerprint density at radius 1 is 1.12 bits per heavy atom. The molecule has 4 N–H and O–H groups in total. The van der Waals surface area contributed by atoms with Gasteiger partial charge in [-0.05, 0) is 30.3 Å². The van der Waals surface area contributed by atoms with E-state index in [4.69, 9.17) is 15.2 Å². The molecule has 0 fully saturated rings. The summed E-state index contributed by atoms with van der Waals surface area (Å²) in [4.78, 5) is 24.1. The zero-order valence-corrected chi connectivity index (χ0v) is 14.3. The molecule has 0 aliphatic carbocycles. The minimum Gasteiger partial charge on any atom is -0.455 e. The maximum Gasteiger partial charge on any atom is 0.272 e. The Morgan fingerprint density at radius 3 is 2.46 bits per heavy atom. The van der Waals surface area contributed by atoms with Crippen LogP contribution in [0.1, 0.15) is 28.8 Å². The Bertz CT molecular complexity index is 818. The molecule has 1 aromatic carbocycles. The van der Waals surface area contributed by atoms with Crippen LogP contribution in [0.5, 0.6) is 0 Å². The first-order valence-corrected chi connectivity index (χ1v) is 8.10. The molecule has 0 radical (unpaired) electrons. The fourth-order valence-corrected chi connectivity index (χ4v) is 2.53. The topological polar surface area (TPSA) is 108 Å². The zero-order chi connectivity index (χ0) is 18.5. The third-order valence-corrected chi connectivity index (χ3v) is 3.79. The monoisotopic (exact) mass is 356 g/mol. The highest BCUT2D eigenvalue weighted by atomic mass is 16.7. The van der Waals surface area contributed by atoms with E-state index in [-0.39, 0.29) is 24.8 Å². The summed E-state index contributed by atoms with van der Waals surface area (Å²) in [5, 5.41) is 5.53. The molecule has 8 heteroatoms. The summed E-state index contributed by atoms with van der Waals surface area (Å²) in [6.45, 7) is 0.273. The van der Waals surface area contributed by atoms with Crippen molar-refractivity contribution in [2.24, 2.45) is 12.8 Å². The highest BCUT2D eigenvalue weighted by Crippen LogP contribution is 2.25. The summed E-state index contributed by atoms with van der Waals surface area (Å²) in [5.41, 5.74) is 7.81. The Morgan fingerprint density at radius 2 is 1.81 bits per heavy atom. The van der Waals surface area contributed by atoms with Gasteiger partial charge < -0.3 is 30.4 Å². The number of nitrogens with two attached hydrogens (primary N) is 1. The first-order valence-electron chi connectivity index (χ1n) is 8.10. The van der Waals surface area contributed by atoms with Gasteiger partial charge in [0.25, 0.3) is 12.2 Å². The molecule has 0 saturated carbocycles. The molecule has 1 aliphatic heterocycles. The van der Waals surface area contributed by atoms with Crippen molar-refractivity contribution >= 4 is 23.2 Å². The highest BCUT2D eigenvalue weighted by molar-refractivity contribution is 6.04. The van der Waals surface area contributed by atoms with E-state index in [1.807, 2.05) is 12.1 Å². The van der Waals surface area contributed by atoms with Crippen LogP contribution in [0.3, 0.4) is 0 Å². The van der Waals surface area contributed by atoms with Crippen molar-refractivity contribution in [3.8, 4) is 0 Å². The first-order chi connectivity index (χ1) is 12.6. The van der Waals surface area contributed by atoms with E-state index in [9.17, 15) is 9.59 Å². The van der Waals surface area contributed by atoms with Gasteiger partial charge in [-0.1, -0.05) is 0 Å². The standard InChI is InChI=1S/C18H20N4O4/c1-22-11-14(20-16(23)6-7-19)10-15(22)17(24)21-13-4-2-12(3-5-13)18-25-8-9-26-18/h2-5,8-11,18H,6-7,19H2,1H3,(H,20,23)(H,21,24). The van der Waals surface area contributed by atoms with Crippen molar-refractivity contribution in [1.29, 1.82) is 0 Å². The van der Waals surface area contributed by atoms with Gasteiger partial charge in [-0.3, -0.25) is 9.59 Å². The van der Waals surface area contributed by atoms with Crippen LogP contribution in [0, 0.1) is 0 Å². The lowest BCUT2D eigenvalue weighted by Crippen LogP contribution is -2.16. The lowest BCUT2D eigenvalue weighted by Gasteiger charge is -2.11. The van der Waals surface area contributed by atoms with E-state index in [0.29, 0.717) is 17.1 Å². The van der Waals surface area contributed by atoms with E-state index in [1.54, 1.807) is 36.0 Å². The van der Waals surface area contributed by atoms with E-state index in [2.05, 4.69) is 10.6 Å². The number of nitrogens with zero attached hydrogens (tertiary/aromatic N) is 1. The molecule has 2 amide bonds. The Hall–Kier alpha value is -3.26. The molecule has 0 unspecified atom stereocenters. The molecule has 2 aromatic rings. The second-order valence-corrected chi connectivity index (χ2v) is 5.76. The molecule has 8 nitrogen and oxygen atoms in total. The second kappa shape index (κ2) is 7.75. The number of rotatable bonds is 6. The summed E-state index contributed by atoms with van der Waals surface area (Å²) in [6.07, 6.45) is 4.42. The first kappa shape index (κ1) is 17.6. The molecule has 1 aliphatic rings. The third kappa shape index (κ3) is 4.04. The number of hydrogen-bond acceptors (Lipinski definition) is 5. The van der Waals surface area contributed by atoms with Crippen LogP contribution in [0.4, 0.5) is 11.4 Å². The molecule has 3 rings (SSSR count). The third-order valence-electron chi connectivity index (χ3n) is 3.79. The van der Waals surface area contributed by atoms with Crippen molar-refractivity contribution in [1.82, 2.24) is 4.57 Å². The summed E-state index contributed by atoms with van der Waals surface area (Å²) in [5.74, 6) is -0.471. The predicted molar refractivity (Wildman–Crippen MR) is 96.2 cm³/mol. The number of hydrogen-bond donors (Lipinski definition) is 3. The van der Waals surface area contributed by atoms with Gasteiger partial charge in [-0.2, -0.15) is 0 Å². The number of carbonyl (C=O) groups excluding carboxylic acids is 2. The normalized spacial score (nSPS) is 13.2. The summed E-state index contributed by atoms with van der Waals surface area (Å²) >= 11 is 0. The fourth-order valence-electron chi connectivity index (χ4n) is 2.53. The van der Waals surface area contributed by atoms with Gasteiger partial charge >= 0.3 is 0 Å². The van der Waals surface area contributed by atoms with Crippen molar-refractivity contribution in [3.63, 3.8) is 0 Å². The molecule has 26 heavy (non-hydrogen) atoms. The summed E-state index contributed by atoms with van der Waals surface area (Å²) in [6, 6.07) is 8.79. The number of carbonyl (C=O) groups is 2. The number of aromatic nitrogens is 1. The smallest absolute Gasteiger partial charge is 0.272 e. The molecule has 2 heterocycles. The van der Waals surface area contributed by atoms with Crippen LogP contribution in [0.15, 0.2) is 49.1 Å². The number of amides is 2. The van der Waals surface area contributed by atoms with Gasteiger partial charge in [0.05, 0.1) is 5.69 Å². The minimum absolute atomic E-state index is 0.188. The number of anilines is 2. The number of benzene rings is 1. The quantitative estimate of drug-likeness (QED) is 0.734. The van der Waals surface area contributed by atoms with Crippen LogP contribution in [0.2, 0.25) is 0 Å². The highest BCUT2D eigenvalue weighted by Gasteiger charge is 2.16. The van der Waals surface area contributed by atoms with Crippen molar-refractivity contribution in [3.05, 3.63) is 60.3 Å². The van der Waals surface area contributed by atoms with Crippen LogP contribution >= 0.6 is 0 Å². The number of nitrogens with one attached hydrogen (secondary N) is 2. The van der Waals surface area contributed by atoms with Crippen molar-refractivity contribution < 1.29 is 19.1 Å². The minimum atomic E-state index is -0.452.